The highest BCUT2D eigenvalue weighted by Gasteiger charge is 2.28. The number of hydrogen-bond donors (Lipinski definition) is 1. The predicted octanol–water partition coefficient (Wildman–Crippen LogP) is 0.933. The molecule has 1 aliphatic heterocycles. The monoisotopic (exact) mass is 241 g/mol. The zero-order chi connectivity index (χ0) is 12.4. The summed E-state index contributed by atoms with van der Waals surface area (Å²) in [6.07, 6.45) is -0.0542. The van der Waals surface area contributed by atoms with Crippen LogP contribution in [0.25, 0.3) is 0 Å². The van der Waals surface area contributed by atoms with Gasteiger partial charge in [0, 0.05) is 7.05 Å². The molecule has 2 unspecified atom stereocenters. The Kier molecular flexibility index (Phi) is 3.42. The first-order valence-electron chi connectivity index (χ1n) is 5.65. The van der Waals surface area contributed by atoms with E-state index in [1.165, 1.54) is 4.68 Å². The van der Waals surface area contributed by atoms with Crippen LogP contribution >= 0.6 is 0 Å². The van der Waals surface area contributed by atoms with Crippen LogP contribution in [-0.2, 0) is 11.8 Å². The highest BCUT2D eigenvalue weighted by Crippen LogP contribution is 2.15. The fourth-order valence-corrected chi connectivity index (χ4v) is 1.95. The Balaban J connectivity index is 2.03. The molecule has 1 saturated heterocycles. The summed E-state index contributed by atoms with van der Waals surface area (Å²) < 4.78 is 19.7. The van der Waals surface area contributed by atoms with Crippen LogP contribution in [0.2, 0.25) is 0 Å². The quantitative estimate of drug-likeness (QED) is 0.838. The molecule has 1 fully saturated rings. The number of ether oxygens (including phenoxy) is 1. The van der Waals surface area contributed by atoms with Gasteiger partial charge in [-0.3, -0.25) is 9.48 Å². The number of halogens is 1. The molecule has 1 aromatic rings. The molecule has 0 radical (unpaired) electrons. The van der Waals surface area contributed by atoms with Crippen molar-refractivity contribution in [1.29, 1.82) is 0 Å². The first-order chi connectivity index (χ1) is 8.08. The van der Waals surface area contributed by atoms with Crippen molar-refractivity contribution in [3.63, 3.8) is 0 Å². The van der Waals surface area contributed by atoms with Gasteiger partial charge in [-0.05, 0) is 25.8 Å². The van der Waals surface area contributed by atoms with Gasteiger partial charge >= 0.3 is 0 Å². The van der Waals surface area contributed by atoms with Gasteiger partial charge in [0.2, 0.25) is 6.36 Å². The highest BCUT2D eigenvalue weighted by molar-refractivity contribution is 5.92. The second-order valence-corrected chi connectivity index (χ2v) is 4.24. The van der Waals surface area contributed by atoms with Crippen molar-refractivity contribution in [3.05, 3.63) is 17.5 Å². The van der Waals surface area contributed by atoms with Crippen molar-refractivity contribution in [3.8, 4) is 0 Å². The number of rotatable bonds is 2. The zero-order valence-electron chi connectivity index (χ0n) is 9.94. The molecule has 17 heavy (non-hydrogen) atoms. The average Bonchev–Trinajstić information content (AvgIpc) is 2.61. The van der Waals surface area contributed by atoms with Crippen LogP contribution < -0.4 is 5.32 Å². The topological polar surface area (TPSA) is 56.1 Å². The van der Waals surface area contributed by atoms with E-state index in [9.17, 15) is 9.18 Å². The molecule has 2 heterocycles. The smallest absolute Gasteiger partial charge is 0.269 e. The van der Waals surface area contributed by atoms with Crippen molar-refractivity contribution in [2.75, 3.05) is 6.61 Å². The Labute approximate surface area is 98.9 Å². The van der Waals surface area contributed by atoms with E-state index >= 15 is 0 Å². The van der Waals surface area contributed by atoms with Gasteiger partial charge in [-0.25, -0.2) is 4.39 Å². The van der Waals surface area contributed by atoms with Crippen LogP contribution in [0.5, 0.6) is 0 Å². The van der Waals surface area contributed by atoms with E-state index in [1.807, 2.05) is 0 Å². The van der Waals surface area contributed by atoms with Gasteiger partial charge < -0.3 is 10.1 Å². The molecular weight excluding hydrogens is 225 g/mol. The Morgan fingerprint density at radius 1 is 1.71 bits per heavy atom. The fourth-order valence-electron chi connectivity index (χ4n) is 1.95. The molecule has 1 N–H and O–H groups in total. The Bertz CT molecular complexity index is 419. The molecule has 0 spiro atoms. The van der Waals surface area contributed by atoms with Crippen molar-refractivity contribution in [2.45, 2.75) is 32.2 Å². The summed E-state index contributed by atoms with van der Waals surface area (Å²) in [6.45, 7) is 2.22. The van der Waals surface area contributed by atoms with E-state index in [-0.39, 0.29) is 5.91 Å². The number of amides is 1. The van der Waals surface area contributed by atoms with Gasteiger partial charge in [-0.2, -0.15) is 5.10 Å². The molecule has 1 aliphatic rings. The number of carbonyl (C=O) groups excluding carboxylic acids is 1. The van der Waals surface area contributed by atoms with Crippen LogP contribution in [0.15, 0.2) is 6.07 Å². The third kappa shape index (κ3) is 2.63. The Morgan fingerprint density at radius 3 is 3.06 bits per heavy atom. The molecule has 2 rings (SSSR count). The van der Waals surface area contributed by atoms with E-state index in [0.717, 1.165) is 12.1 Å². The SMILES string of the molecule is Cc1cc(C(=O)NC2CCCOC2F)n(C)n1. The summed E-state index contributed by atoms with van der Waals surface area (Å²) in [5.41, 5.74) is 1.19. The first-order valence-corrected chi connectivity index (χ1v) is 5.65. The second kappa shape index (κ2) is 4.83. The summed E-state index contributed by atoms with van der Waals surface area (Å²) in [4.78, 5) is 11.9. The van der Waals surface area contributed by atoms with Crippen LogP contribution in [-0.4, -0.2) is 34.7 Å². The molecule has 6 heteroatoms. The van der Waals surface area contributed by atoms with Gasteiger partial charge in [0.15, 0.2) is 0 Å². The third-order valence-electron chi connectivity index (χ3n) is 2.80. The molecular formula is C11H16FN3O2. The predicted molar refractivity (Wildman–Crippen MR) is 59.3 cm³/mol. The van der Waals surface area contributed by atoms with Gasteiger partial charge in [-0.1, -0.05) is 0 Å². The third-order valence-corrected chi connectivity index (χ3v) is 2.80. The first kappa shape index (κ1) is 12.0. The maximum atomic E-state index is 13.4. The number of hydrogen-bond acceptors (Lipinski definition) is 3. The van der Waals surface area contributed by atoms with E-state index in [4.69, 9.17) is 4.74 Å². The van der Waals surface area contributed by atoms with Gasteiger partial charge in [0.25, 0.3) is 5.91 Å². The van der Waals surface area contributed by atoms with Crippen molar-refractivity contribution < 1.29 is 13.9 Å². The fraction of sp³-hybridized carbons (Fsp3) is 0.636. The molecule has 1 amide bonds. The maximum Gasteiger partial charge on any atom is 0.269 e. The maximum absolute atomic E-state index is 13.4. The summed E-state index contributed by atoms with van der Waals surface area (Å²) >= 11 is 0. The molecule has 0 aliphatic carbocycles. The minimum absolute atomic E-state index is 0.314. The van der Waals surface area contributed by atoms with Crippen LogP contribution in [0.3, 0.4) is 0 Å². The second-order valence-electron chi connectivity index (χ2n) is 4.24. The lowest BCUT2D eigenvalue weighted by Crippen LogP contribution is -2.45. The Hall–Kier alpha value is -1.43. The zero-order valence-corrected chi connectivity index (χ0v) is 9.94. The van der Waals surface area contributed by atoms with E-state index < -0.39 is 12.4 Å². The lowest BCUT2D eigenvalue weighted by Gasteiger charge is -2.26. The van der Waals surface area contributed by atoms with Crippen molar-refractivity contribution in [2.24, 2.45) is 7.05 Å². The summed E-state index contributed by atoms with van der Waals surface area (Å²) in [5, 5.41) is 6.71. The van der Waals surface area contributed by atoms with Gasteiger partial charge in [0.05, 0.1) is 18.3 Å². The van der Waals surface area contributed by atoms with Crippen LogP contribution in [0.1, 0.15) is 29.0 Å². The number of alkyl halides is 1. The van der Waals surface area contributed by atoms with Crippen molar-refractivity contribution >= 4 is 5.91 Å². The van der Waals surface area contributed by atoms with Crippen LogP contribution in [0, 0.1) is 6.92 Å². The van der Waals surface area contributed by atoms with E-state index in [0.29, 0.717) is 18.7 Å². The van der Waals surface area contributed by atoms with Gasteiger partial charge in [-0.15, -0.1) is 0 Å². The van der Waals surface area contributed by atoms with Crippen molar-refractivity contribution in [1.82, 2.24) is 15.1 Å². The minimum atomic E-state index is -1.41. The Morgan fingerprint density at radius 2 is 2.47 bits per heavy atom. The number of nitrogens with one attached hydrogen (secondary N) is 1. The molecule has 5 nitrogen and oxygen atoms in total. The molecule has 0 aromatic carbocycles. The molecule has 1 aromatic heterocycles. The summed E-state index contributed by atoms with van der Waals surface area (Å²) in [7, 11) is 1.69. The lowest BCUT2D eigenvalue weighted by atomic mass is 10.1. The van der Waals surface area contributed by atoms with Gasteiger partial charge in [0.1, 0.15) is 5.69 Å². The standard InChI is InChI=1S/C11H16FN3O2/c1-7-6-9(15(2)14-7)11(16)13-8-4-3-5-17-10(8)12/h6,8,10H,3-5H2,1-2H3,(H,13,16). The average molecular weight is 241 g/mol. The molecule has 0 bridgehead atoms. The molecule has 2 atom stereocenters. The summed E-state index contributed by atoms with van der Waals surface area (Å²) in [5.74, 6) is -0.314. The van der Waals surface area contributed by atoms with Crippen LogP contribution in [0.4, 0.5) is 4.39 Å². The number of aromatic nitrogens is 2. The lowest BCUT2D eigenvalue weighted by molar-refractivity contribution is -0.0871. The molecule has 94 valence electrons. The van der Waals surface area contributed by atoms with E-state index in [2.05, 4.69) is 10.4 Å². The largest absolute Gasteiger partial charge is 0.347 e. The minimum Gasteiger partial charge on any atom is -0.347 e. The normalized spacial score (nSPS) is 24.6. The molecule has 0 saturated carbocycles. The number of nitrogens with zero attached hydrogens (tertiary/aromatic N) is 2. The summed E-state index contributed by atoms with van der Waals surface area (Å²) in [6, 6.07) is 1.11. The number of aryl methyl sites for hydroxylation is 2. The number of carbonyl (C=O) groups is 1. The highest BCUT2D eigenvalue weighted by atomic mass is 19.1. The van der Waals surface area contributed by atoms with E-state index in [1.54, 1.807) is 20.0 Å².